The van der Waals surface area contributed by atoms with E-state index in [-0.39, 0.29) is 0 Å². The molecular formula is C9H16N2O3. The van der Waals surface area contributed by atoms with Crippen LogP contribution < -0.4 is 5.32 Å². The molecule has 14 heavy (non-hydrogen) atoms. The van der Waals surface area contributed by atoms with Gasteiger partial charge in [0.2, 0.25) is 0 Å². The summed E-state index contributed by atoms with van der Waals surface area (Å²) in [5, 5.41) is 2.41. The van der Waals surface area contributed by atoms with Crippen molar-refractivity contribution in [1.29, 1.82) is 0 Å². The van der Waals surface area contributed by atoms with Crippen molar-refractivity contribution < 1.29 is 14.3 Å². The van der Waals surface area contributed by atoms with Gasteiger partial charge in [-0.25, -0.2) is 9.79 Å². The topological polar surface area (TPSA) is 67.8 Å². The highest BCUT2D eigenvalue weighted by molar-refractivity contribution is 5.89. The summed E-state index contributed by atoms with van der Waals surface area (Å²) in [6.45, 7) is 8.58. The lowest BCUT2D eigenvalue weighted by Crippen LogP contribution is -2.48. The quantitative estimate of drug-likeness (QED) is 0.676. The van der Waals surface area contributed by atoms with Gasteiger partial charge >= 0.3 is 6.09 Å². The molecule has 80 valence electrons. The number of nitrogens with one attached hydrogen (secondary N) is 1. The average molecular weight is 200 g/mol. The van der Waals surface area contributed by atoms with E-state index in [2.05, 4.69) is 21.8 Å². The third-order valence-corrected chi connectivity index (χ3v) is 1.72. The first-order valence-corrected chi connectivity index (χ1v) is 4.18. The van der Waals surface area contributed by atoms with E-state index in [0.717, 1.165) is 0 Å². The Morgan fingerprint density at radius 1 is 1.43 bits per heavy atom. The summed E-state index contributed by atoms with van der Waals surface area (Å²) in [4.78, 5) is 25.5. The number of rotatable bonds is 2. The van der Waals surface area contributed by atoms with Gasteiger partial charge in [0, 0.05) is 0 Å². The zero-order valence-corrected chi connectivity index (χ0v) is 8.96. The van der Waals surface area contributed by atoms with E-state index >= 15 is 0 Å². The van der Waals surface area contributed by atoms with Crippen LogP contribution in [-0.4, -0.2) is 31.9 Å². The number of nitrogens with zero attached hydrogens (tertiary/aromatic N) is 1. The maximum Gasteiger partial charge on any atom is 0.407 e. The third-order valence-electron chi connectivity index (χ3n) is 1.72. The minimum atomic E-state index is -0.715. The summed E-state index contributed by atoms with van der Waals surface area (Å²) in [6.07, 6.45) is -0.651. The molecule has 0 aromatic rings. The van der Waals surface area contributed by atoms with Crippen molar-refractivity contribution in [3.8, 4) is 0 Å². The van der Waals surface area contributed by atoms with Gasteiger partial charge in [0.15, 0.2) is 0 Å². The number of aliphatic imine (C=N–C) groups is 1. The lowest BCUT2D eigenvalue weighted by molar-refractivity contribution is -0.121. The highest BCUT2D eigenvalue weighted by Crippen LogP contribution is 2.20. The van der Waals surface area contributed by atoms with E-state index in [1.54, 1.807) is 0 Å². The molecule has 0 heterocycles. The maximum atomic E-state index is 11.3. The van der Waals surface area contributed by atoms with Gasteiger partial charge in [0.25, 0.3) is 5.91 Å². The fourth-order valence-electron chi connectivity index (χ4n) is 0.917. The summed E-state index contributed by atoms with van der Waals surface area (Å²) >= 11 is 0. The monoisotopic (exact) mass is 200 g/mol. The van der Waals surface area contributed by atoms with Gasteiger partial charge in [-0.05, 0) is 12.1 Å². The van der Waals surface area contributed by atoms with Crippen molar-refractivity contribution in [1.82, 2.24) is 5.32 Å². The first-order chi connectivity index (χ1) is 6.32. The lowest BCUT2D eigenvalue weighted by atomic mass is 9.86. The number of alkyl carbamates (subject to hydrolysis) is 1. The van der Waals surface area contributed by atoms with Crippen LogP contribution >= 0.6 is 0 Å². The molecule has 0 aliphatic carbocycles. The number of ether oxygens (including phenoxy) is 1. The van der Waals surface area contributed by atoms with Crippen molar-refractivity contribution in [3.63, 3.8) is 0 Å². The molecule has 5 heteroatoms. The van der Waals surface area contributed by atoms with Crippen molar-refractivity contribution in [2.45, 2.75) is 26.8 Å². The summed E-state index contributed by atoms with van der Waals surface area (Å²) in [5.74, 6) is -0.470. The highest BCUT2D eigenvalue weighted by Gasteiger charge is 2.32. The fraction of sp³-hybridized carbons (Fsp3) is 0.667. The number of hydrogen-bond acceptors (Lipinski definition) is 3. The second kappa shape index (κ2) is 4.74. The summed E-state index contributed by atoms with van der Waals surface area (Å²) in [6, 6.07) is -0.715. The summed E-state index contributed by atoms with van der Waals surface area (Å²) in [5.41, 5.74) is -0.424. The van der Waals surface area contributed by atoms with E-state index in [9.17, 15) is 9.59 Å². The zero-order chi connectivity index (χ0) is 11.4. The van der Waals surface area contributed by atoms with Crippen molar-refractivity contribution in [2.75, 3.05) is 7.11 Å². The Labute approximate surface area is 83.5 Å². The Morgan fingerprint density at radius 2 is 1.93 bits per heavy atom. The molecule has 0 aromatic carbocycles. The fourth-order valence-corrected chi connectivity index (χ4v) is 0.917. The minimum Gasteiger partial charge on any atom is -0.453 e. The predicted octanol–water partition coefficient (Wildman–Crippen LogP) is 0.984. The predicted molar refractivity (Wildman–Crippen MR) is 53.3 cm³/mol. The molecule has 0 fully saturated rings. The Hall–Kier alpha value is -1.39. The molecule has 0 bridgehead atoms. The van der Waals surface area contributed by atoms with Gasteiger partial charge in [-0.1, -0.05) is 20.8 Å². The van der Waals surface area contributed by atoms with E-state index in [4.69, 9.17) is 0 Å². The SMILES string of the molecule is C=NC(=O)C(NC(=O)OC)C(C)(C)C. The van der Waals surface area contributed by atoms with Crippen molar-refractivity contribution >= 4 is 18.7 Å². The number of carbonyl (C=O) groups excluding carboxylic acids is 2. The zero-order valence-electron chi connectivity index (χ0n) is 8.96. The van der Waals surface area contributed by atoms with E-state index < -0.39 is 23.5 Å². The molecule has 1 unspecified atom stereocenters. The average Bonchev–Trinajstić information content (AvgIpc) is 2.10. The third kappa shape index (κ3) is 3.55. The van der Waals surface area contributed by atoms with Crippen LogP contribution in [-0.2, 0) is 9.53 Å². The van der Waals surface area contributed by atoms with Gasteiger partial charge in [-0.15, -0.1) is 0 Å². The van der Waals surface area contributed by atoms with Crippen LogP contribution in [0.4, 0.5) is 4.79 Å². The van der Waals surface area contributed by atoms with Crippen LogP contribution in [0.25, 0.3) is 0 Å². The maximum absolute atomic E-state index is 11.3. The van der Waals surface area contributed by atoms with E-state index in [1.807, 2.05) is 20.8 Å². The Morgan fingerprint density at radius 3 is 2.21 bits per heavy atom. The van der Waals surface area contributed by atoms with Gasteiger partial charge in [0.1, 0.15) is 6.04 Å². The molecule has 0 saturated carbocycles. The van der Waals surface area contributed by atoms with Gasteiger partial charge < -0.3 is 10.1 Å². The largest absolute Gasteiger partial charge is 0.453 e. The van der Waals surface area contributed by atoms with Crippen molar-refractivity contribution in [2.24, 2.45) is 10.4 Å². The molecule has 5 nitrogen and oxygen atoms in total. The first kappa shape index (κ1) is 12.6. The number of hydrogen-bond donors (Lipinski definition) is 1. The summed E-state index contributed by atoms with van der Waals surface area (Å²) in [7, 11) is 1.24. The molecule has 0 radical (unpaired) electrons. The number of methoxy groups -OCH3 is 1. The van der Waals surface area contributed by atoms with Gasteiger partial charge in [-0.2, -0.15) is 0 Å². The lowest BCUT2D eigenvalue weighted by Gasteiger charge is -2.27. The molecule has 0 rings (SSSR count). The van der Waals surface area contributed by atoms with Gasteiger partial charge in [-0.3, -0.25) is 4.79 Å². The molecule has 2 amide bonds. The molecular weight excluding hydrogens is 184 g/mol. The molecule has 0 saturated heterocycles. The Balaban J connectivity index is 4.66. The van der Waals surface area contributed by atoms with Gasteiger partial charge in [0.05, 0.1) is 7.11 Å². The van der Waals surface area contributed by atoms with E-state index in [1.165, 1.54) is 7.11 Å². The first-order valence-electron chi connectivity index (χ1n) is 4.18. The van der Waals surface area contributed by atoms with Crippen LogP contribution in [0.1, 0.15) is 20.8 Å². The normalized spacial score (nSPS) is 12.9. The molecule has 0 aromatic heterocycles. The second-order valence-electron chi connectivity index (χ2n) is 3.93. The van der Waals surface area contributed by atoms with Crippen LogP contribution in [0.3, 0.4) is 0 Å². The minimum absolute atomic E-state index is 0.424. The Bertz CT molecular complexity index is 243. The van der Waals surface area contributed by atoms with E-state index in [0.29, 0.717) is 0 Å². The highest BCUT2D eigenvalue weighted by atomic mass is 16.5. The van der Waals surface area contributed by atoms with Crippen LogP contribution in [0.15, 0.2) is 4.99 Å². The molecule has 1 atom stereocenters. The van der Waals surface area contributed by atoms with Crippen LogP contribution in [0.2, 0.25) is 0 Å². The summed E-state index contributed by atoms with van der Waals surface area (Å²) < 4.78 is 4.41. The number of carbonyl (C=O) groups is 2. The van der Waals surface area contributed by atoms with Crippen molar-refractivity contribution in [3.05, 3.63) is 0 Å². The standard InChI is InChI=1S/C9H16N2O3/c1-9(2,3)6(7(12)10-4)11-8(13)14-5/h6H,4H2,1-3,5H3,(H,11,13). The molecule has 0 spiro atoms. The Kier molecular flexibility index (Phi) is 4.27. The van der Waals surface area contributed by atoms with Crippen LogP contribution in [0.5, 0.6) is 0 Å². The smallest absolute Gasteiger partial charge is 0.407 e. The van der Waals surface area contributed by atoms with Crippen LogP contribution in [0, 0.1) is 5.41 Å². The molecule has 1 N–H and O–H groups in total. The molecule has 0 aliphatic heterocycles. The molecule has 0 aliphatic rings. The second-order valence-corrected chi connectivity index (χ2v) is 3.93. The number of amides is 2.